The van der Waals surface area contributed by atoms with Crippen LogP contribution in [0.15, 0.2) is 64.0 Å². The minimum Gasteiger partial charge on any atom is -0.543 e. The second-order valence-electron chi connectivity index (χ2n) is 6.90. The van der Waals surface area contributed by atoms with Gasteiger partial charge in [0, 0.05) is 18.1 Å². The molecule has 2 aromatic rings. The number of nitrogens with one attached hydrogen (secondary N) is 1. The summed E-state index contributed by atoms with van der Waals surface area (Å²) in [5.74, 6) is -3.18. The average Bonchev–Trinajstić information content (AvgIpc) is 2.83. The van der Waals surface area contributed by atoms with Crippen molar-refractivity contribution in [2.45, 2.75) is 21.5 Å². The number of pyridine rings is 1. The fraction of sp³-hybridized carbons (Fsp3) is 0.263. The summed E-state index contributed by atoms with van der Waals surface area (Å²) in [5.41, 5.74) is -0.0711. The first kappa shape index (κ1) is 26.6. The van der Waals surface area contributed by atoms with Gasteiger partial charge in [0.25, 0.3) is 5.91 Å². The molecule has 0 aromatic carbocycles. The van der Waals surface area contributed by atoms with Crippen LogP contribution in [-0.2, 0) is 36.0 Å². The van der Waals surface area contributed by atoms with Crippen molar-refractivity contribution in [1.82, 2.24) is 25.4 Å². The van der Waals surface area contributed by atoms with E-state index in [1.165, 1.54) is 36.3 Å². The molecule has 2 aliphatic heterocycles. The Morgan fingerprint density at radius 2 is 1.91 bits per heavy atom. The number of rotatable bonds is 8. The van der Waals surface area contributed by atoms with Gasteiger partial charge in [-0.3, -0.25) is 22.9 Å². The van der Waals surface area contributed by atoms with Crippen LogP contribution in [0.5, 0.6) is 0 Å². The van der Waals surface area contributed by atoms with Gasteiger partial charge in [0.05, 0.1) is 39.0 Å². The molecule has 0 radical (unpaired) electrons. The van der Waals surface area contributed by atoms with E-state index in [9.17, 15) is 27.9 Å². The van der Waals surface area contributed by atoms with Crippen LogP contribution in [0, 0.1) is 0 Å². The van der Waals surface area contributed by atoms with Gasteiger partial charge in [-0.25, -0.2) is 4.98 Å². The first-order chi connectivity index (χ1) is 15.9. The Balaban J connectivity index is 0.00000324. The Labute approximate surface area is 225 Å². The zero-order chi connectivity index (χ0) is 23.5. The first-order valence-electron chi connectivity index (χ1n) is 9.49. The molecule has 34 heavy (non-hydrogen) atoms. The zero-order valence-corrected chi connectivity index (χ0v) is 22.2. The number of aliphatic carboxylic acids is 1. The first-order valence-corrected chi connectivity index (χ1v) is 13.2. The van der Waals surface area contributed by atoms with E-state index in [1.807, 2.05) is 0 Å². The number of amides is 2. The SMILES string of the molecule is O=C(CS(=O)c1ccccn1)NC1C(=O)N2C(C(=O)[O-])=C(CS(=O)c3cccnn3)CSC12.[Na+]. The molecule has 2 amide bonds. The quantitative estimate of drug-likeness (QED) is 0.259. The van der Waals surface area contributed by atoms with Crippen LogP contribution in [-0.4, -0.2) is 75.0 Å². The topological polar surface area (TPSA) is 162 Å². The van der Waals surface area contributed by atoms with E-state index in [2.05, 4.69) is 20.5 Å². The molecule has 4 atom stereocenters. The van der Waals surface area contributed by atoms with Gasteiger partial charge in [0.15, 0.2) is 0 Å². The predicted octanol–water partition coefficient (Wildman–Crippen LogP) is -4.81. The second kappa shape index (κ2) is 11.6. The van der Waals surface area contributed by atoms with Gasteiger partial charge >= 0.3 is 29.6 Å². The van der Waals surface area contributed by atoms with Gasteiger partial charge in [-0.2, -0.15) is 5.10 Å². The Kier molecular flexibility index (Phi) is 9.12. The van der Waals surface area contributed by atoms with Crippen molar-refractivity contribution >= 4 is 51.1 Å². The van der Waals surface area contributed by atoms with Crippen molar-refractivity contribution in [3.05, 3.63) is 54.0 Å². The molecule has 2 aromatic heterocycles. The number of carbonyl (C=O) groups excluding carboxylic acids is 3. The summed E-state index contributed by atoms with van der Waals surface area (Å²) in [4.78, 5) is 41.8. The van der Waals surface area contributed by atoms with Crippen LogP contribution < -0.4 is 40.0 Å². The maximum Gasteiger partial charge on any atom is 1.00 e. The summed E-state index contributed by atoms with van der Waals surface area (Å²) in [7, 11) is -3.34. The number of carboxylic acids is 1. The molecule has 172 valence electrons. The molecule has 0 bridgehead atoms. The maximum atomic E-state index is 12.7. The summed E-state index contributed by atoms with van der Waals surface area (Å²) in [6.07, 6.45) is 2.88. The number of carbonyl (C=O) groups is 3. The summed E-state index contributed by atoms with van der Waals surface area (Å²) < 4.78 is 24.8. The summed E-state index contributed by atoms with van der Waals surface area (Å²) in [6, 6.07) is 6.93. The second-order valence-corrected chi connectivity index (χ2v) is 10.8. The van der Waals surface area contributed by atoms with E-state index in [0.717, 1.165) is 4.90 Å². The van der Waals surface area contributed by atoms with Crippen LogP contribution in [0.2, 0.25) is 0 Å². The van der Waals surface area contributed by atoms with Crippen molar-refractivity contribution in [1.29, 1.82) is 0 Å². The number of nitrogens with zero attached hydrogens (tertiary/aromatic N) is 4. The smallest absolute Gasteiger partial charge is 0.543 e. The molecule has 0 saturated carbocycles. The normalized spacial score (nSPS) is 20.9. The zero-order valence-electron chi connectivity index (χ0n) is 17.8. The van der Waals surface area contributed by atoms with Crippen molar-refractivity contribution in [3.63, 3.8) is 0 Å². The molecule has 2 aliphatic rings. The molecular weight excluding hydrogens is 513 g/mol. The summed E-state index contributed by atoms with van der Waals surface area (Å²) >= 11 is 1.23. The van der Waals surface area contributed by atoms with Crippen LogP contribution in [0.25, 0.3) is 0 Å². The third-order valence-corrected chi connectivity index (χ3v) is 8.64. The summed E-state index contributed by atoms with van der Waals surface area (Å²) in [6.45, 7) is 0. The third kappa shape index (κ3) is 5.63. The molecule has 1 saturated heterocycles. The minimum atomic E-state index is -1.69. The summed E-state index contributed by atoms with van der Waals surface area (Å²) in [5, 5.41) is 21.5. The van der Waals surface area contributed by atoms with Crippen molar-refractivity contribution in [2.75, 3.05) is 17.3 Å². The predicted molar refractivity (Wildman–Crippen MR) is 116 cm³/mol. The van der Waals surface area contributed by atoms with Gasteiger partial charge in [0.2, 0.25) is 5.91 Å². The molecular formula is C19H16N5NaO6S3. The molecule has 0 spiro atoms. The van der Waals surface area contributed by atoms with E-state index >= 15 is 0 Å². The van der Waals surface area contributed by atoms with Gasteiger partial charge in [0.1, 0.15) is 27.2 Å². The van der Waals surface area contributed by atoms with Crippen LogP contribution in [0.3, 0.4) is 0 Å². The Bertz CT molecular complexity index is 1180. The number of aromatic nitrogens is 3. The number of thioether (sulfide) groups is 1. The fourth-order valence-corrected chi connectivity index (χ4v) is 6.74. The Morgan fingerprint density at radius 1 is 1.15 bits per heavy atom. The van der Waals surface area contributed by atoms with Crippen LogP contribution >= 0.6 is 11.8 Å². The average molecular weight is 530 g/mol. The van der Waals surface area contributed by atoms with Gasteiger partial charge in [-0.05, 0) is 29.8 Å². The standard InChI is InChI=1S/C19H17N5O6S3.Na/c25-12(10-33(30)13-4-1-2-6-20-13)22-15-17(26)24-16(19(27)28)11(8-31-18(15)24)9-32(29)14-5-3-7-21-23-14;/h1-7,15,18H,8-10H2,(H,22,25)(H,27,28);/q;+1/p-1. The van der Waals surface area contributed by atoms with Gasteiger partial charge in [-0.1, -0.05) is 6.07 Å². The molecule has 11 nitrogen and oxygen atoms in total. The van der Waals surface area contributed by atoms with Crippen LogP contribution in [0.4, 0.5) is 0 Å². The molecule has 1 fully saturated rings. The van der Waals surface area contributed by atoms with Crippen LogP contribution in [0.1, 0.15) is 0 Å². The van der Waals surface area contributed by atoms with Crippen molar-refractivity contribution in [3.8, 4) is 0 Å². The molecule has 15 heteroatoms. The number of fused-ring (bicyclic) bond motifs is 1. The van der Waals surface area contributed by atoms with E-state index in [4.69, 9.17) is 0 Å². The monoisotopic (exact) mass is 529 g/mol. The maximum absolute atomic E-state index is 12.7. The molecule has 4 rings (SSSR count). The Morgan fingerprint density at radius 3 is 2.56 bits per heavy atom. The van der Waals surface area contributed by atoms with E-state index in [-0.39, 0.29) is 68.1 Å². The minimum absolute atomic E-state index is 0. The largest absolute Gasteiger partial charge is 1.00 e. The number of hydrogen-bond donors (Lipinski definition) is 1. The van der Waals surface area contributed by atoms with E-state index in [1.54, 1.807) is 18.2 Å². The van der Waals surface area contributed by atoms with Crippen molar-refractivity contribution < 1.29 is 57.5 Å². The fourth-order valence-electron chi connectivity index (χ4n) is 3.31. The molecule has 4 unspecified atom stereocenters. The van der Waals surface area contributed by atoms with Crippen molar-refractivity contribution in [2.24, 2.45) is 0 Å². The molecule has 0 aliphatic carbocycles. The number of hydrogen-bond acceptors (Lipinski definition) is 10. The molecule has 1 N–H and O–H groups in total. The molecule has 4 heterocycles. The van der Waals surface area contributed by atoms with Gasteiger partial charge in [-0.15, -0.1) is 16.9 Å². The number of β-lactam (4-membered cyclic amide) rings is 1. The van der Waals surface area contributed by atoms with Gasteiger partial charge < -0.3 is 15.2 Å². The van der Waals surface area contributed by atoms with E-state index in [0.29, 0.717) is 0 Å². The third-order valence-electron chi connectivity index (χ3n) is 4.78. The number of carboxylic acid groups (broad SMARTS) is 1. The Hall–Kier alpha value is -1.97. The van der Waals surface area contributed by atoms with E-state index < -0.39 is 50.8 Å².